The molecule has 80 valence electrons. The Morgan fingerprint density at radius 2 is 2.00 bits per heavy atom. The summed E-state index contributed by atoms with van der Waals surface area (Å²) in [5, 5.41) is 0. The molecule has 2 aromatic heterocycles. The summed E-state index contributed by atoms with van der Waals surface area (Å²) in [5.41, 5.74) is 1.61. The fraction of sp³-hybridized carbons (Fsp3) is 0.400. The van der Waals surface area contributed by atoms with Gasteiger partial charge in [-0.15, -0.1) is 0 Å². The molecule has 0 aliphatic rings. The van der Waals surface area contributed by atoms with Crippen molar-refractivity contribution in [3.05, 3.63) is 12.3 Å². The minimum absolute atomic E-state index is 0.355. The molecule has 2 heterocycles. The van der Waals surface area contributed by atoms with Gasteiger partial charge in [-0.25, -0.2) is 0 Å². The molecule has 0 amide bonds. The minimum atomic E-state index is 0.355. The second kappa shape index (κ2) is 4.16. The van der Waals surface area contributed by atoms with Gasteiger partial charge >= 0.3 is 6.01 Å². The number of nitrogens with zero attached hydrogens (tertiary/aromatic N) is 2. The lowest BCUT2D eigenvalue weighted by atomic mass is 10.4. The lowest BCUT2D eigenvalue weighted by Gasteiger charge is -2.05. The van der Waals surface area contributed by atoms with E-state index < -0.39 is 0 Å². The van der Waals surface area contributed by atoms with E-state index in [9.17, 15) is 0 Å². The standard InChI is InChI=1S/C10H13N3O2/c1-3-14-9-8-7(5-6-11-8)12-10(13-9)15-4-2/h5-6,11H,3-4H2,1-2H3. The van der Waals surface area contributed by atoms with E-state index >= 15 is 0 Å². The van der Waals surface area contributed by atoms with Gasteiger partial charge in [0, 0.05) is 6.20 Å². The van der Waals surface area contributed by atoms with Crippen molar-refractivity contribution in [2.75, 3.05) is 13.2 Å². The zero-order chi connectivity index (χ0) is 10.7. The fourth-order valence-corrected chi connectivity index (χ4v) is 1.33. The average molecular weight is 207 g/mol. The van der Waals surface area contributed by atoms with Gasteiger partial charge in [-0.3, -0.25) is 0 Å². The van der Waals surface area contributed by atoms with Crippen LogP contribution in [0.15, 0.2) is 12.3 Å². The van der Waals surface area contributed by atoms with Gasteiger partial charge in [-0.1, -0.05) is 0 Å². The number of H-pyrrole nitrogens is 1. The zero-order valence-electron chi connectivity index (χ0n) is 8.78. The molecule has 0 aliphatic carbocycles. The highest BCUT2D eigenvalue weighted by Crippen LogP contribution is 2.23. The molecule has 0 aromatic carbocycles. The first-order chi connectivity index (χ1) is 7.35. The van der Waals surface area contributed by atoms with Gasteiger partial charge in [0.25, 0.3) is 0 Å². The third kappa shape index (κ3) is 1.86. The first-order valence-corrected chi connectivity index (χ1v) is 4.95. The molecule has 0 atom stereocenters. The minimum Gasteiger partial charge on any atom is -0.476 e. The molecule has 5 nitrogen and oxygen atoms in total. The smallest absolute Gasteiger partial charge is 0.320 e. The highest BCUT2D eigenvalue weighted by molar-refractivity contribution is 5.80. The Kier molecular flexibility index (Phi) is 2.71. The monoisotopic (exact) mass is 207 g/mol. The van der Waals surface area contributed by atoms with Crippen molar-refractivity contribution in [2.24, 2.45) is 0 Å². The normalized spacial score (nSPS) is 10.5. The summed E-state index contributed by atoms with van der Waals surface area (Å²) in [6, 6.07) is 2.22. The highest BCUT2D eigenvalue weighted by Gasteiger charge is 2.09. The molecule has 0 saturated carbocycles. The van der Waals surface area contributed by atoms with Crippen LogP contribution in [0.4, 0.5) is 0 Å². The van der Waals surface area contributed by atoms with E-state index in [1.165, 1.54) is 0 Å². The Hall–Kier alpha value is -1.78. The van der Waals surface area contributed by atoms with Crippen molar-refractivity contribution in [2.45, 2.75) is 13.8 Å². The first-order valence-electron chi connectivity index (χ1n) is 4.95. The Morgan fingerprint density at radius 3 is 2.73 bits per heavy atom. The maximum atomic E-state index is 5.40. The first kappa shape index (κ1) is 9.76. The number of nitrogens with one attached hydrogen (secondary N) is 1. The zero-order valence-corrected chi connectivity index (χ0v) is 8.78. The fourth-order valence-electron chi connectivity index (χ4n) is 1.33. The third-order valence-electron chi connectivity index (χ3n) is 1.91. The van der Waals surface area contributed by atoms with E-state index in [2.05, 4.69) is 15.0 Å². The van der Waals surface area contributed by atoms with Crippen molar-refractivity contribution in [1.29, 1.82) is 0 Å². The van der Waals surface area contributed by atoms with Crippen molar-refractivity contribution < 1.29 is 9.47 Å². The van der Waals surface area contributed by atoms with Gasteiger partial charge in [0.2, 0.25) is 5.88 Å². The number of aromatic nitrogens is 3. The number of hydrogen-bond donors (Lipinski definition) is 1. The number of aromatic amines is 1. The largest absolute Gasteiger partial charge is 0.476 e. The van der Waals surface area contributed by atoms with Crippen LogP contribution in [0.2, 0.25) is 0 Å². The maximum absolute atomic E-state index is 5.40. The van der Waals surface area contributed by atoms with E-state index in [4.69, 9.17) is 9.47 Å². The number of fused-ring (bicyclic) bond motifs is 1. The summed E-state index contributed by atoms with van der Waals surface area (Å²) in [6.07, 6.45) is 1.80. The van der Waals surface area contributed by atoms with Crippen LogP contribution >= 0.6 is 0 Å². The van der Waals surface area contributed by atoms with E-state index in [0.29, 0.717) is 25.1 Å². The van der Waals surface area contributed by atoms with Crippen molar-refractivity contribution >= 4 is 11.0 Å². The molecule has 1 N–H and O–H groups in total. The second-order valence-electron chi connectivity index (χ2n) is 2.92. The average Bonchev–Trinajstić information content (AvgIpc) is 2.67. The van der Waals surface area contributed by atoms with Crippen molar-refractivity contribution in [3.63, 3.8) is 0 Å². The van der Waals surface area contributed by atoms with Gasteiger partial charge < -0.3 is 14.5 Å². The second-order valence-corrected chi connectivity index (χ2v) is 2.92. The molecular weight excluding hydrogens is 194 g/mol. The summed E-state index contributed by atoms with van der Waals surface area (Å²) in [6.45, 7) is 4.92. The van der Waals surface area contributed by atoms with E-state index in [1.54, 1.807) is 6.20 Å². The molecule has 15 heavy (non-hydrogen) atoms. The van der Waals surface area contributed by atoms with Gasteiger partial charge in [0.1, 0.15) is 5.52 Å². The Morgan fingerprint density at radius 1 is 1.20 bits per heavy atom. The molecule has 0 aliphatic heterocycles. The quantitative estimate of drug-likeness (QED) is 0.829. The topological polar surface area (TPSA) is 60.0 Å². The SMILES string of the molecule is CCOc1nc(OCC)c2[nH]ccc2n1. The Balaban J connectivity index is 2.48. The van der Waals surface area contributed by atoms with Gasteiger partial charge in [-0.2, -0.15) is 9.97 Å². The molecule has 0 fully saturated rings. The predicted octanol–water partition coefficient (Wildman–Crippen LogP) is 1.76. The van der Waals surface area contributed by atoms with Gasteiger partial charge in [0.15, 0.2) is 0 Å². The lowest BCUT2D eigenvalue weighted by molar-refractivity contribution is 0.292. The Bertz CT molecular complexity index is 453. The highest BCUT2D eigenvalue weighted by atomic mass is 16.5. The van der Waals surface area contributed by atoms with Crippen LogP contribution in [0, 0.1) is 0 Å². The molecule has 2 rings (SSSR count). The summed E-state index contributed by atoms with van der Waals surface area (Å²) in [7, 11) is 0. The van der Waals surface area contributed by atoms with E-state index in [0.717, 1.165) is 11.0 Å². The molecular formula is C10H13N3O2. The molecule has 5 heteroatoms. The van der Waals surface area contributed by atoms with Crippen LogP contribution in [-0.4, -0.2) is 28.2 Å². The molecule has 2 aromatic rings. The van der Waals surface area contributed by atoms with Crippen LogP contribution in [0.1, 0.15) is 13.8 Å². The van der Waals surface area contributed by atoms with Gasteiger partial charge in [-0.05, 0) is 19.9 Å². The summed E-state index contributed by atoms with van der Waals surface area (Å²) >= 11 is 0. The molecule has 0 spiro atoms. The van der Waals surface area contributed by atoms with Crippen LogP contribution in [0.3, 0.4) is 0 Å². The van der Waals surface area contributed by atoms with Crippen LogP contribution < -0.4 is 9.47 Å². The van der Waals surface area contributed by atoms with E-state index in [1.807, 2.05) is 19.9 Å². The maximum Gasteiger partial charge on any atom is 0.320 e. The lowest BCUT2D eigenvalue weighted by Crippen LogP contribution is -2.01. The van der Waals surface area contributed by atoms with Gasteiger partial charge in [0.05, 0.1) is 18.7 Å². The molecule has 0 radical (unpaired) electrons. The summed E-state index contributed by atoms with van der Waals surface area (Å²) < 4.78 is 10.7. The van der Waals surface area contributed by atoms with Crippen molar-refractivity contribution in [3.8, 4) is 11.9 Å². The molecule has 0 bridgehead atoms. The van der Waals surface area contributed by atoms with Crippen LogP contribution in [0.25, 0.3) is 11.0 Å². The number of rotatable bonds is 4. The summed E-state index contributed by atoms with van der Waals surface area (Å²) in [4.78, 5) is 11.4. The molecule has 0 unspecified atom stereocenters. The summed E-state index contributed by atoms with van der Waals surface area (Å²) in [5.74, 6) is 0.538. The number of ether oxygens (including phenoxy) is 2. The Labute approximate surface area is 87.4 Å². The van der Waals surface area contributed by atoms with Crippen molar-refractivity contribution in [1.82, 2.24) is 15.0 Å². The molecule has 0 saturated heterocycles. The van der Waals surface area contributed by atoms with Crippen LogP contribution in [-0.2, 0) is 0 Å². The predicted molar refractivity (Wildman–Crippen MR) is 56.2 cm³/mol. The number of hydrogen-bond acceptors (Lipinski definition) is 4. The van der Waals surface area contributed by atoms with E-state index in [-0.39, 0.29) is 0 Å². The van der Waals surface area contributed by atoms with Crippen LogP contribution in [0.5, 0.6) is 11.9 Å². The third-order valence-corrected chi connectivity index (χ3v) is 1.91.